The topological polar surface area (TPSA) is 23.6 Å². The van der Waals surface area contributed by atoms with Crippen molar-refractivity contribution < 1.29 is 4.79 Å². The van der Waals surface area contributed by atoms with Crippen LogP contribution in [0.2, 0.25) is 10.0 Å². The Morgan fingerprint density at radius 3 is 2.57 bits per heavy atom. The molecule has 0 atom stereocenters. The molecule has 0 radical (unpaired) electrons. The predicted octanol–water partition coefficient (Wildman–Crippen LogP) is 3.39. The number of carbonyl (C=O) groups excluding carboxylic acids is 1. The van der Waals surface area contributed by atoms with E-state index >= 15 is 0 Å². The first-order valence-corrected chi connectivity index (χ1v) is 8.95. The Morgan fingerprint density at radius 2 is 1.90 bits per heavy atom. The minimum Gasteiger partial charge on any atom is -0.340 e. The summed E-state index contributed by atoms with van der Waals surface area (Å²) >= 11 is 13.6. The number of halogens is 2. The SMILES string of the molecule is CN1CCN(C(=O)CCSCc2ccc(Cl)c(Cl)c2)CC1. The van der Waals surface area contributed by atoms with E-state index in [-0.39, 0.29) is 5.91 Å². The number of hydrogen-bond acceptors (Lipinski definition) is 3. The molecule has 0 bridgehead atoms. The van der Waals surface area contributed by atoms with Crippen molar-refractivity contribution in [1.29, 1.82) is 0 Å². The van der Waals surface area contributed by atoms with Gasteiger partial charge in [-0.05, 0) is 24.7 Å². The maximum Gasteiger partial charge on any atom is 0.223 e. The third-order valence-electron chi connectivity index (χ3n) is 3.57. The number of piperazine rings is 1. The smallest absolute Gasteiger partial charge is 0.223 e. The summed E-state index contributed by atoms with van der Waals surface area (Å²) in [6.45, 7) is 3.66. The highest BCUT2D eigenvalue weighted by atomic mass is 35.5. The summed E-state index contributed by atoms with van der Waals surface area (Å²) in [4.78, 5) is 16.3. The standard InChI is InChI=1S/C15H20Cl2N2OS/c1-18-5-7-19(8-6-18)15(20)4-9-21-11-12-2-3-13(16)14(17)10-12/h2-3,10H,4-9,11H2,1H3. The van der Waals surface area contributed by atoms with Gasteiger partial charge in [-0.3, -0.25) is 4.79 Å². The summed E-state index contributed by atoms with van der Waals surface area (Å²) in [6.07, 6.45) is 0.607. The van der Waals surface area contributed by atoms with Gasteiger partial charge in [0.05, 0.1) is 10.0 Å². The Hall–Kier alpha value is -0.420. The molecule has 0 spiro atoms. The molecule has 3 nitrogen and oxygen atoms in total. The van der Waals surface area contributed by atoms with Gasteiger partial charge < -0.3 is 9.80 Å². The lowest BCUT2D eigenvalue weighted by Gasteiger charge is -2.32. The van der Waals surface area contributed by atoms with Crippen LogP contribution in [0, 0.1) is 0 Å². The van der Waals surface area contributed by atoms with Crippen LogP contribution in [0.3, 0.4) is 0 Å². The third-order valence-corrected chi connectivity index (χ3v) is 5.34. The van der Waals surface area contributed by atoms with E-state index in [2.05, 4.69) is 11.9 Å². The zero-order valence-corrected chi connectivity index (χ0v) is 14.5. The molecule has 1 fully saturated rings. The van der Waals surface area contributed by atoms with Crippen LogP contribution < -0.4 is 0 Å². The first-order chi connectivity index (χ1) is 10.1. The van der Waals surface area contributed by atoms with Crippen LogP contribution in [0.5, 0.6) is 0 Å². The Labute approximate surface area is 140 Å². The van der Waals surface area contributed by atoms with Gasteiger partial charge in [0.2, 0.25) is 5.91 Å². The molecule has 2 rings (SSSR count). The monoisotopic (exact) mass is 346 g/mol. The number of rotatable bonds is 5. The van der Waals surface area contributed by atoms with Crippen molar-refractivity contribution in [1.82, 2.24) is 9.80 Å². The van der Waals surface area contributed by atoms with Gasteiger partial charge in [0.25, 0.3) is 0 Å². The highest BCUT2D eigenvalue weighted by Crippen LogP contribution is 2.24. The highest BCUT2D eigenvalue weighted by Gasteiger charge is 2.18. The number of benzene rings is 1. The van der Waals surface area contributed by atoms with Crippen LogP contribution in [-0.2, 0) is 10.5 Å². The molecule has 21 heavy (non-hydrogen) atoms. The summed E-state index contributed by atoms with van der Waals surface area (Å²) in [6, 6.07) is 5.68. The van der Waals surface area contributed by atoms with Crippen LogP contribution in [0.4, 0.5) is 0 Å². The van der Waals surface area contributed by atoms with E-state index in [0.717, 1.165) is 43.2 Å². The van der Waals surface area contributed by atoms with Gasteiger partial charge in [-0.2, -0.15) is 11.8 Å². The average molecular weight is 347 g/mol. The number of carbonyl (C=O) groups is 1. The Balaban J connectivity index is 1.67. The van der Waals surface area contributed by atoms with E-state index in [9.17, 15) is 4.79 Å². The molecule has 1 saturated heterocycles. The number of likely N-dealkylation sites (N-methyl/N-ethyl adjacent to an activating group) is 1. The molecule has 0 aromatic heterocycles. The maximum atomic E-state index is 12.1. The largest absolute Gasteiger partial charge is 0.340 e. The fourth-order valence-corrected chi connectivity index (χ4v) is 3.39. The fourth-order valence-electron chi connectivity index (χ4n) is 2.19. The molecule has 1 aliphatic heterocycles. The second-order valence-electron chi connectivity index (χ2n) is 5.24. The van der Waals surface area contributed by atoms with Crippen LogP contribution in [0.25, 0.3) is 0 Å². The molecular weight excluding hydrogens is 327 g/mol. The molecule has 0 unspecified atom stereocenters. The van der Waals surface area contributed by atoms with Crippen molar-refractivity contribution in [3.05, 3.63) is 33.8 Å². The molecule has 1 heterocycles. The summed E-state index contributed by atoms with van der Waals surface area (Å²) in [5.41, 5.74) is 1.14. The summed E-state index contributed by atoms with van der Waals surface area (Å²) in [5.74, 6) is 1.96. The van der Waals surface area contributed by atoms with Crippen molar-refractivity contribution in [2.75, 3.05) is 39.0 Å². The zero-order chi connectivity index (χ0) is 15.2. The molecule has 0 N–H and O–H groups in total. The van der Waals surface area contributed by atoms with Crippen LogP contribution in [0.15, 0.2) is 18.2 Å². The predicted molar refractivity (Wildman–Crippen MR) is 91.3 cm³/mol. The quantitative estimate of drug-likeness (QED) is 0.763. The van der Waals surface area contributed by atoms with Gasteiger partial charge in [0.1, 0.15) is 0 Å². The van der Waals surface area contributed by atoms with Crippen LogP contribution >= 0.6 is 35.0 Å². The second kappa shape index (κ2) is 8.28. The number of amides is 1. The van der Waals surface area contributed by atoms with Gasteiger partial charge in [0.15, 0.2) is 0 Å². The van der Waals surface area contributed by atoms with Gasteiger partial charge in [-0.1, -0.05) is 29.3 Å². The average Bonchev–Trinajstić information content (AvgIpc) is 2.47. The van der Waals surface area contributed by atoms with Crippen LogP contribution in [-0.4, -0.2) is 54.7 Å². The Kier molecular flexibility index (Phi) is 6.68. The minimum absolute atomic E-state index is 0.268. The van der Waals surface area contributed by atoms with Crippen molar-refractivity contribution in [2.45, 2.75) is 12.2 Å². The van der Waals surface area contributed by atoms with Gasteiger partial charge >= 0.3 is 0 Å². The molecular formula is C15H20Cl2N2OS. The molecule has 1 aromatic carbocycles. The number of thioether (sulfide) groups is 1. The van der Waals surface area contributed by atoms with E-state index in [1.165, 1.54) is 0 Å². The summed E-state index contributed by atoms with van der Waals surface area (Å²) in [7, 11) is 2.09. The highest BCUT2D eigenvalue weighted by molar-refractivity contribution is 7.98. The van der Waals surface area contributed by atoms with Crippen molar-refractivity contribution >= 4 is 40.9 Å². The first kappa shape index (κ1) is 16.9. The fraction of sp³-hybridized carbons (Fsp3) is 0.533. The lowest BCUT2D eigenvalue weighted by Crippen LogP contribution is -2.47. The Morgan fingerprint density at radius 1 is 1.19 bits per heavy atom. The van der Waals surface area contributed by atoms with E-state index in [4.69, 9.17) is 23.2 Å². The van der Waals surface area contributed by atoms with E-state index in [1.54, 1.807) is 11.8 Å². The lowest BCUT2D eigenvalue weighted by atomic mass is 10.2. The lowest BCUT2D eigenvalue weighted by molar-refractivity contribution is -0.132. The van der Waals surface area contributed by atoms with E-state index in [0.29, 0.717) is 16.5 Å². The van der Waals surface area contributed by atoms with Crippen molar-refractivity contribution in [2.24, 2.45) is 0 Å². The Bertz CT molecular complexity index is 491. The van der Waals surface area contributed by atoms with Crippen LogP contribution in [0.1, 0.15) is 12.0 Å². The molecule has 0 saturated carbocycles. The molecule has 6 heteroatoms. The molecule has 1 aromatic rings. The molecule has 0 aliphatic carbocycles. The van der Waals surface area contributed by atoms with Gasteiger partial charge in [-0.15, -0.1) is 0 Å². The van der Waals surface area contributed by atoms with Gasteiger partial charge in [0, 0.05) is 44.1 Å². The third kappa shape index (κ3) is 5.37. The molecule has 1 aliphatic rings. The summed E-state index contributed by atoms with van der Waals surface area (Å²) < 4.78 is 0. The van der Waals surface area contributed by atoms with Gasteiger partial charge in [-0.25, -0.2) is 0 Å². The van der Waals surface area contributed by atoms with E-state index < -0.39 is 0 Å². The summed E-state index contributed by atoms with van der Waals surface area (Å²) in [5, 5.41) is 1.17. The molecule has 1 amide bonds. The minimum atomic E-state index is 0.268. The van der Waals surface area contributed by atoms with Crippen molar-refractivity contribution in [3.8, 4) is 0 Å². The first-order valence-electron chi connectivity index (χ1n) is 7.04. The molecule has 116 valence electrons. The zero-order valence-electron chi connectivity index (χ0n) is 12.1. The second-order valence-corrected chi connectivity index (χ2v) is 7.15. The maximum absolute atomic E-state index is 12.1. The van der Waals surface area contributed by atoms with E-state index in [1.807, 2.05) is 23.1 Å². The van der Waals surface area contributed by atoms with Crippen molar-refractivity contribution in [3.63, 3.8) is 0 Å². The normalized spacial score (nSPS) is 16.2. The number of nitrogens with zero attached hydrogens (tertiary/aromatic N) is 2. The number of hydrogen-bond donors (Lipinski definition) is 0.